The Labute approximate surface area is 161 Å². The molecule has 4 aliphatic rings. The summed E-state index contributed by atoms with van der Waals surface area (Å²) in [5, 5.41) is 0. The van der Waals surface area contributed by atoms with E-state index < -0.39 is 11.6 Å². The highest BCUT2D eigenvalue weighted by atomic mass is 16.8. The van der Waals surface area contributed by atoms with Gasteiger partial charge in [-0.15, -0.1) is 0 Å². The largest absolute Gasteiger partial charge is 0.501 e. The van der Waals surface area contributed by atoms with Crippen molar-refractivity contribution < 1.29 is 28.5 Å². The number of methoxy groups -OCH3 is 1. The van der Waals surface area contributed by atoms with Crippen molar-refractivity contribution in [2.75, 3.05) is 20.3 Å². The molecule has 0 aromatic heterocycles. The van der Waals surface area contributed by atoms with Crippen LogP contribution in [0.25, 0.3) is 0 Å². The van der Waals surface area contributed by atoms with Gasteiger partial charge in [-0.3, -0.25) is 4.79 Å². The summed E-state index contributed by atoms with van der Waals surface area (Å²) in [6.45, 7) is 11.4. The van der Waals surface area contributed by atoms with E-state index in [2.05, 4.69) is 13.8 Å². The van der Waals surface area contributed by atoms with Gasteiger partial charge in [-0.25, -0.2) is 0 Å². The molecule has 0 bridgehead atoms. The lowest BCUT2D eigenvalue weighted by Gasteiger charge is -2.52. The number of fused-ring (bicyclic) bond motifs is 3. The number of carbonyl (C=O) groups is 1. The Kier molecular flexibility index (Phi) is 4.50. The standard InChI is InChI=1S/C21H32O6/c1-19(2)10-24-21(5,25-11-19)15-9-13-14(7-12(23-6)8-16(13)22)17-18(15)27-20(3,4)26-17/h8,13-15,17-18H,7,9-11H2,1-6H3/t13-,14+,15-,17-,18+/m1/s1. The number of carbonyl (C=O) groups excluding carboxylic acids is 1. The normalized spacial score (nSPS) is 42.1. The van der Waals surface area contributed by atoms with Gasteiger partial charge in [-0.05, 0) is 27.2 Å². The maximum atomic E-state index is 12.8. The van der Waals surface area contributed by atoms with Crippen LogP contribution in [0, 0.1) is 23.2 Å². The van der Waals surface area contributed by atoms with Gasteiger partial charge >= 0.3 is 0 Å². The first-order chi connectivity index (χ1) is 12.5. The van der Waals surface area contributed by atoms with Gasteiger partial charge in [0.2, 0.25) is 0 Å². The Morgan fingerprint density at radius 1 is 1.04 bits per heavy atom. The van der Waals surface area contributed by atoms with Crippen LogP contribution >= 0.6 is 0 Å². The van der Waals surface area contributed by atoms with E-state index in [0.29, 0.717) is 26.1 Å². The third kappa shape index (κ3) is 3.35. The molecule has 0 unspecified atom stereocenters. The van der Waals surface area contributed by atoms with E-state index in [9.17, 15) is 4.79 Å². The van der Waals surface area contributed by atoms with Gasteiger partial charge in [0.05, 0.1) is 38.3 Å². The second kappa shape index (κ2) is 6.28. The summed E-state index contributed by atoms with van der Waals surface area (Å²) >= 11 is 0. The maximum absolute atomic E-state index is 12.8. The number of rotatable bonds is 2. The van der Waals surface area contributed by atoms with Crippen LogP contribution in [0.5, 0.6) is 0 Å². The van der Waals surface area contributed by atoms with Crippen molar-refractivity contribution in [1.82, 2.24) is 0 Å². The predicted molar refractivity (Wildman–Crippen MR) is 97.7 cm³/mol. The van der Waals surface area contributed by atoms with Crippen LogP contribution in [-0.2, 0) is 28.5 Å². The topological polar surface area (TPSA) is 63.2 Å². The Morgan fingerprint density at radius 2 is 1.67 bits per heavy atom. The number of hydrogen-bond acceptors (Lipinski definition) is 6. The summed E-state index contributed by atoms with van der Waals surface area (Å²) in [5.41, 5.74) is -0.0147. The lowest BCUT2D eigenvalue weighted by atomic mass is 9.63. The molecule has 0 radical (unpaired) electrons. The number of ether oxygens (including phenoxy) is 5. The Hall–Kier alpha value is -0.950. The number of ketones is 1. The minimum atomic E-state index is -0.779. The number of allylic oxidation sites excluding steroid dienone is 2. The molecule has 152 valence electrons. The van der Waals surface area contributed by atoms with Gasteiger partial charge in [-0.2, -0.15) is 0 Å². The maximum Gasteiger partial charge on any atom is 0.170 e. The first-order valence-electron chi connectivity index (χ1n) is 9.96. The average molecular weight is 380 g/mol. The molecule has 0 amide bonds. The summed E-state index contributed by atoms with van der Waals surface area (Å²) in [6, 6.07) is 0. The molecule has 4 rings (SSSR count). The molecule has 1 saturated carbocycles. The molecule has 6 heteroatoms. The molecule has 5 atom stereocenters. The van der Waals surface area contributed by atoms with E-state index in [1.165, 1.54) is 0 Å². The summed E-state index contributed by atoms with van der Waals surface area (Å²) < 4.78 is 30.5. The molecule has 3 fully saturated rings. The predicted octanol–water partition coefficient (Wildman–Crippen LogP) is 3.05. The van der Waals surface area contributed by atoms with Gasteiger partial charge < -0.3 is 23.7 Å². The fourth-order valence-corrected chi connectivity index (χ4v) is 5.04. The van der Waals surface area contributed by atoms with Gasteiger partial charge in [0, 0.05) is 35.7 Å². The van der Waals surface area contributed by atoms with Crippen LogP contribution in [-0.4, -0.2) is 49.9 Å². The van der Waals surface area contributed by atoms with E-state index in [4.69, 9.17) is 23.7 Å². The van der Waals surface area contributed by atoms with Crippen LogP contribution in [0.4, 0.5) is 0 Å². The number of hydrogen-bond donors (Lipinski definition) is 0. The molecule has 2 aliphatic heterocycles. The van der Waals surface area contributed by atoms with Crippen LogP contribution < -0.4 is 0 Å². The quantitative estimate of drug-likeness (QED) is 0.734. The lowest BCUT2D eigenvalue weighted by Crippen LogP contribution is -2.60. The van der Waals surface area contributed by atoms with Crippen molar-refractivity contribution in [1.29, 1.82) is 0 Å². The Morgan fingerprint density at radius 3 is 2.30 bits per heavy atom. The van der Waals surface area contributed by atoms with E-state index >= 15 is 0 Å². The summed E-state index contributed by atoms with van der Waals surface area (Å²) in [6.07, 6.45) is 2.68. The Bertz CT molecular complexity index is 641. The van der Waals surface area contributed by atoms with Crippen LogP contribution in [0.1, 0.15) is 47.5 Å². The molecule has 0 aromatic rings. The second-order valence-electron chi connectivity index (χ2n) is 9.86. The van der Waals surface area contributed by atoms with Crippen molar-refractivity contribution in [3.05, 3.63) is 11.8 Å². The van der Waals surface area contributed by atoms with E-state index in [1.807, 2.05) is 20.8 Å². The fourth-order valence-electron chi connectivity index (χ4n) is 5.04. The second-order valence-corrected chi connectivity index (χ2v) is 9.86. The smallest absolute Gasteiger partial charge is 0.170 e. The summed E-state index contributed by atoms with van der Waals surface area (Å²) in [5.74, 6) is -0.758. The minimum Gasteiger partial charge on any atom is -0.501 e. The molecule has 2 aliphatic carbocycles. The third-order valence-corrected chi connectivity index (χ3v) is 6.55. The van der Waals surface area contributed by atoms with Crippen molar-refractivity contribution in [3.63, 3.8) is 0 Å². The van der Waals surface area contributed by atoms with Crippen molar-refractivity contribution in [2.45, 2.75) is 71.2 Å². The molecule has 0 N–H and O–H groups in total. The first kappa shape index (κ1) is 19.4. The molecular weight excluding hydrogens is 348 g/mol. The third-order valence-electron chi connectivity index (χ3n) is 6.55. The first-order valence-corrected chi connectivity index (χ1v) is 9.96. The summed E-state index contributed by atoms with van der Waals surface area (Å²) in [4.78, 5) is 12.8. The monoisotopic (exact) mass is 380 g/mol. The van der Waals surface area contributed by atoms with E-state index in [-0.39, 0.29) is 41.2 Å². The highest BCUT2D eigenvalue weighted by Gasteiger charge is 2.61. The molecule has 2 saturated heterocycles. The average Bonchev–Trinajstić information content (AvgIpc) is 2.92. The lowest BCUT2D eigenvalue weighted by molar-refractivity contribution is -0.330. The highest BCUT2D eigenvalue weighted by Crippen LogP contribution is 2.53. The zero-order valence-electron chi connectivity index (χ0n) is 17.2. The van der Waals surface area contributed by atoms with Crippen LogP contribution in [0.15, 0.2) is 11.8 Å². The van der Waals surface area contributed by atoms with Gasteiger partial charge in [0.1, 0.15) is 0 Å². The molecule has 2 heterocycles. The molecule has 0 spiro atoms. The highest BCUT2D eigenvalue weighted by molar-refractivity contribution is 5.93. The van der Waals surface area contributed by atoms with Crippen LogP contribution in [0.2, 0.25) is 0 Å². The van der Waals surface area contributed by atoms with Gasteiger partial charge in [-0.1, -0.05) is 13.8 Å². The molecule has 0 aromatic carbocycles. The van der Waals surface area contributed by atoms with E-state index in [1.54, 1.807) is 13.2 Å². The summed E-state index contributed by atoms with van der Waals surface area (Å²) in [7, 11) is 1.62. The molecule has 6 nitrogen and oxygen atoms in total. The van der Waals surface area contributed by atoms with Crippen molar-refractivity contribution >= 4 is 5.78 Å². The minimum absolute atomic E-state index is 0.0147. The van der Waals surface area contributed by atoms with Gasteiger partial charge in [0.25, 0.3) is 0 Å². The van der Waals surface area contributed by atoms with E-state index in [0.717, 1.165) is 5.76 Å². The van der Waals surface area contributed by atoms with Crippen molar-refractivity contribution in [2.24, 2.45) is 23.2 Å². The Balaban J connectivity index is 1.66. The molecular formula is C21H32O6. The van der Waals surface area contributed by atoms with Crippen LogP contribution in [0.3, 0.4) is 0 Å². The van der Waals surface area contributed by atoms with Crippen molar-refractivity contribution in [3.8, 4) is 0 Å². The fraction of sp³-hybridized carbons (Fsp3) is 0.857. The SMILES string of the molecule is COC1=CC(=O)[C@@H]2C[C@@H](C3(C)OCC(C)(C)CO3)[C@@H]3OC(C)(C)O[C@@H]3[C@H]2C1. The van der Waals surface area contributed by atoms with Gasteiger partial charge in [0.15, 0.2) is 17.4 Å². The zero-order valence-corrected chi connectivity index (χ0v) is 17.2. The zero-order chi connectivity index (χ0) is 19.6. The molecule has 27 heavy (non-hydrogen) atoms.